The van der Waals surface area contributed by atoms with Crippen LogP contribution in [-0.2, 0) is 11.3 Å². The van der Waals surface area contributed by atoms with Gasteiger partial charge in [0, 0.05) is 6.42 Å². The van der Waals surface area contributed by atoms with Gasteiger partial charge in [-0.1, -0.05) is 17.7 Å². The van der Waals surface area contributed by atoms with Crippen LogP contribution in [0.15, 0.2) is 30.3 Å². The highest BCUT2D eigenvalue weighted by Crippen LogP contribution is 2.38. The Morgan fingerprint density at radius 3 is 2.80 bits per heavy atom. The predicted octanol–water partition coefficient (Wildman–Crippen LogP) is 4.01. The highest BCUT2D eigenvalue weighted by molar-refractivity contribution is 6.32. The number of hydrogen-bond acceptors (Lipinski definition) is 5. The molecule has 1 aliphatic heterocycles. The first-order chi connectivity index (χ1) is 12.1. The van der Waals surface area contributed by atoms with Gasteiger partial charge in [0.05, 0.1) is 30.9 Å². The summed E-state index contributed by atoms with van der Waals surface area (Å²) in [6.07, 6.45) is 0.730. The van der Waals surface area contributed by atoms with Crippen LogP contribution in [0.5, 0.6) is 17.2 Å². The van der Waals surface area contributed by atoms with Crippen LogP contribution in [0.4, 0.5) is 4.39 Å². The summed E-state index contributed by atoms with van der Waals surface area (Å²) in [7, 11) is 1.38. The molecule has 132 valence electrons. The van der Waals surface area contributed by atoms with E-state index in [0.717, 1.165) is 6.42 Å². The number of benzene rings is 2. The van der Waals surface area contributed by atoms with Gasteiger partial charge in [0.25, 0.3) is 0 Å². The second kappa shape index (κ2) is 7.61. The minimum atomic E-state index is -0.589. The number of carbonyl (C=O) groups excluding carboxylic acids is 1. The molecule has 0 fully saturated rings. The van der Waals surface area contributed by atoms with Crippen molar-refractivity contribution >= 4 is 17.6 Å². The van der Waals surface area contributed by atoms with E-state index in [2.05, 4.69) is 0 Å². The first kappa shape index (κ1) is 17.4. The topological polar surface area (TPSA) is 54.0 Å². The molecule has 0 saturated carbocycles. The molecule has 0 bridgehead atoms. The third-order valence-electron chi connectivity index (χ3n) is 3.62. The molecule has 0 unspecified atom stereocenters. The summed E-state index contributed by atoms with van der Waals surface area (Å²) in [6, 6.07) is 7.35. The van der Waals surface area contributed by atoms with E-state index in [1.54, 1.807) is 6.07 Å². The number of methoxy groups -OCH3 is 1. The van der Waals surface area contributed by atoms with Gasteiger partial charge in [0.15, 0.2) is 23.1 Å². The van der Waals surface area contributed by atoms with Gasteiger partial charge in [-0.05, 0) is 29.8 Å². The number of fused-ring (bicyclic) bond motifs is 1. The van der Waals surface area contributed by atoms with Crippen molar-refractivity contribution in [1.82, 2.24) is 0 Å². The zero-order chi connectivity index (χ0) is 17.8. The van der Waals surface area contributed by atoms with E-state index in [0.29, 0.717) is 30.3 Å². The fourth-order valence-electron chi connectivity index (χ4n) is 2.38. The van der Waals surface area contributed by atoms with E-state index in [9.17, 15) is 9.18 Å². The van der Waals surface area contributed by atoms with Crippen molar-refractivity contribution in [2.75, 3.05) is 20.3 Å². The summed E-state index contributed by atoms with van der Waals surface area (Å²) in [5, 5.41) is 0.279. The quantitative estimate of drug-likeness (QED) is 0.765. The zero-order valence-corrected chi connectivity index (χ0v) is 14.3. The van der Waals surface area contributed by atoms with Gasteiger partial charge in [0.2, 0.25) is 0 Å². The number of halogens is 2. The average Bonchev–Trinajstić information content (AvgIpc) is 2.85. The van der Waals surface area contributed by atoms with Crippen LogP contribution in [0.1, 0.15) is 22.3 Å². The highest BCUT2D eigenvalue weighted by Gasteiger charge is 2.19. The van der Waals surface area contributed by atoms with Crippen LogP contribution in [0, 0.1) is 5.82 Å². The smallest absolute Gasteiger partial charge is 0.338 e. The Bertz CT molecular complexity index is 793. The number of ether oxygens (including phenoxy) is 4. The van der Waals surface area contributed by atoms with E-state index in [1.165, 1.54) is 31.4 Å². The summed E-state index contributed by atoms with van der Waals surface area (Å²) in [5.74, 6) is -0.145. The van der Waals surface area contributed by atoms with Crippen LogP contribution in [0.2, 0.25) is 5.02 Å². The lowest BCUT2D eigenvalue weighted by Gasteiger charge is -2.11. The van der Waals surface area contributed by atoms with Crippen LogP contribution in [0.3, 0.4) is 0 Å². The lowest BCUT2D eigenvalue weighted by Crippen LogP contribution is -2.06. The van der Waals surface area contributed by atoms with E-state index in [4.69, 9.17) is 30.5 Å². The van der Waals surface area contributed by atoms with E-state index in [1.807, 2.05) is 0 Å². The number of carbonyl (C=O) groups is 1. The maximum absolute atomic E-state index is 13.7. The third-order valence-corrected chi connectivity index (χ3v) is 3.90. The minimum absolute atomic E-state index is 0.0776. The van der Waals surface area contributed by atoms with E-state index < -0.39 is 11.8 Å². The van der Waals surface area contributed by atoms with Crippen molar-refractivity contribution in [3.05, 3.63) is 52.3 Å². The second-order valence-corrected chi connectivity index (χ2v) is 5.79. The van der Waals surface area contributed by atoms with Crippen molar-refractivity contribution in [3.8, 4) is 17.2 Å². The molecule has 3 rings (SSSR count). The summed E-state index contributed by atoms with van der Waals surface area (Å²) in [5.41, 5.74) is 0.746. The normalized spacial score (nSPS) is 13.1. The average molecular weight is 367 g/mol. The molecule has 2 aromatic carbocycles. The molecule has 5 nitrogen and oxygen atoms in total. The molecule has 1 aliphatic rings. The Morgan fingerprint density at radius 1 is 1.24 bits per heavy atom. The Morgan fingerprint density at radius 2 is 2.04 bits per heavy atom. The molecule has 25 heavy (non-hydrogen) atoms. The maximum Gasteiger partial charge on any atom is 0.338 e. The fourth-order valence-corrected chi connectivity index (χ4v) is 2.65. The largest absolute Gasteiger partial charge is 0.494 e. The lowest BCUT2D eigenvalue weighted by atomic mass is 10.2. The van der Waals surface area contributed by atoms with Crippen LogP contribution >= 0.6 is 11.6 Å². The Hall–Kier alpha value is -2.47. The highest BCUT2D eigenvalue weighted by atomic mass is 35.5. The van der Waals surface area contributed by atoms with E-state index in [-0.39, 0.29) is 22.9 Å². The second-order valence-electron chi connectivity index (χ2n) is 5.38. The van der Waals surface area contributed by atoms with Gasteiger partial charge in [-0.3, -0.25) is 0 Å². The molecule has 0 aromatic heterocycles. The molecule has 2 aromatic rings. The van der Waals surface area contributed by atoms with Gasteiger partial charge >= 0.3 is 5.97 Å². The summed E-state index contributed by atoms with van der Waals surface area (Å²) in [6.45, 7) is 0.901. The Kier molecular flexibility index (Phi) is 5.28. The monoisotopic (exact) mass is 366 g/mol. The summed E-state index contributed by atoms with van der Waals surface area (Å²) in [4.78, 5) is 12.3. The summed E-state index contributed by atoms with van der Waals surface area (Å²) < 4.78 is 34.8. The van der Waals surface area contributed by atoms with E-state index >= 15 is 0 Å². The molecule has 0 radical (unpaired) electrons. The minimum Gasteiger partial charge on any atom is -0.494 e. The van der Waals surface area contributed by atoms with Crippen molar-refractivity contribution < 1.29 is 28.1 Å². The zero-order valence-electron chi connectivity index (χ0n) is 13.5. The van der Waals surface area contributed by atoms with Crippen molar-refractivity contribution in [1.29, 1.82) is 0 Å². The van der Waals surface area contributed by atoms with Crippen molar-refractivity contribution in [2.24, 2.45) is 0 Å². The predicted molar refractivity (Wildman–Crippen MR) is 89.1 cm³/mol. The Labute approximate surface area is 149 Å². The van der Waals surface area contributed by atoms with Crippen LogP contribution in [-0.4, -0.2) is 26.3 Å². The van der Waals surface area contributed by atoms with Gasteiger partial charge < -0.3 is 18.9 Å². The first-order valence-corrected chi connectivity index (χ1v) is 8.05. The van der Waals surface area contributed by atoms with Crippen molar-refractivity contribution in [2.45, 2.75) is 13.0 Å². The fraction of sp³-hybridized carbons (Fsp3) is 0.278. The SMILES string of the molecule is COc1ccc(COC(=O)c2cc(Cl)c3c(c2)OCCCO3)cc1F. The van der Waals surface area contributed by atoms with Crippen molar-refractivity contribution in [3.63, 3.8) is 0 Å². The molecule has 0 aliphatic carbocycles. The van der Waals surface area contributed by atoms with Crippen LogP contribution in [0.25, 0.3) is 0 Å². The third kappa shape index (κ3) is 3.96. The van der Waals surface area contributed by atoms with Crippen LogP contribution < -0.4 is 14.2 Å². The molecular weight excluding hydrogens is 351 g/mol. The maximum atomic E-state index is 13.7. The molecular formula is C18H16ClFO5. The molecule has 0 amide bonds. The summed E-state index contributed by atoms with van der Waals surface area (Å²) >= 11 is 6.16. The Balaban J connectivity index is 1.72. The van der Waals surface area contributed by atoms with Gasteiger partial charge in [-0.25, -0.2) is 9.18 Å². The number of rotatable bonds is 4. The standard InChI is InChI=1S/C18H16ClFO5/c1-22-15-4-3-11(7-14(15)20)10-25-18(21)12-8-13(19)17-16(9-12)23-5-2-6-24-17/h3-4,7-9H,2,5-6,10H2,1H3. The first-order valence-electron chi connectivity index (χ1n) is 7.67. The molecule has 0 atom stereocenters. The number of hydrogen-bond donors (Lipinski definition) is 0. The molecule has 0 spiro atoms. The molecule has 7 heteroatoms. The number of esters is 1. The van der Waals surface area contributed by atoms with Gasteiger partial charge in [-0.15, -0.1) is 0 Å². The van der Waals surface area contributed by atoms with Gasteiger partial charge in [0.1, 0.15) is 6.61 Å². The molecule has 1 heterocycles. The molecule has 0 N–H and O–H groups in total. The van der Waals surface area contributed by atoms with Gasteiger partial charge in [-0.2, -0.15) is 0 Å². The lowest BCUT2D eigenvalue weighted by molar-refractivity contribution is 0.0471. The molecule has 0 saturated heterocycles.